The largest absolute Gasteiger partial charge is 0.508 e. The maximum atomic E-state index is 12.1. The minimum Gasteiger partial charge on any atom is -0.508 e. The van der Waals surface area contributed by atoms with Gasteiger partial charge in [0.25, 0.3) is 11.8 Å². The molecule has 2 amide bonds. The highest BCUT2D eigenvalue weighted by atomic mass is 16.3. The highest BCUT2D eigenvalue weighted by Gasteiger charge is 2.10. The molecule has 5 heteroatoms. The number of fused-ring (bicyclic) bond motifs is 1. The summed E-state index contributed by atoms with van der Waals surface area (Å²) in [7, 11) is 0. The number of phenolic OH excluding ortho intramolecular Hbond substituents is 1. The second kappa shape index (κ2) is 6.19. The number of amides is 2. The van der Waals surface area contributed by atoms with Gasteiger partial charge in [0.1, 0.15) is 5.75 Å². The number of carbonyl (C=O) groups is 2. The number of rotatable bonds is 2. The molecule has 0 aliphatic heterocycles. The third kappa shape index (κ3) is 3.29. The van der Waals surface area contributed by atoms with Crippen molar-refractivity contribution in [1.82, 2.24) is 10.9 Å². The average Bonchev–Trinajstić information content (AvgIpc) is 2.59. The van der Waals surface area contributed by atoms with Gasteiger partial charge in [0, 0.05) is 11.1 Å². The van der Waals surface area contributed by atoms with E-state index in [9.17, 15) is 14.7 Å². The zero-order valence-corrected chi connectivity index (χ0v) is 12.1. The van der Waals surface area contributed by atoms with Crippen molar-refractivity contribution in [3.05, 3.63) is 77.9 Å². The Morgan fingerprint density at radius 2 is 1.35 bits per heavy atom. The van der Waals surface area contributed by atoms with E-state index in [0.29, 0.717) is 5.56 Å². The average molecular weight is 306 g/mol. The van der Waals surface area contributed by atoms with Crippen LogP contribution in [0.4, 0.5) is 0 Å². The lowest BCUT2D eigenvalue weighted by atomic mass is 10.1. The Hall–Kier alpha value is -3.34. The minimum atomic E-state index is -0.505. The second-order valence-electron chi connectivity index (χ2n) is 5.02. The maximum Gasteiger partial charge on any atom is 0.269 e. The van der Waals surface area contributed by atoms with Crippen LogP contribution in [0.1, 0.15) is 20.7 Å². The topological polar surface area (TPSA) is 78.4 Å². The first-order chi connectivity index (χ1) is 11.1. The van der Waals surface area contributed by atoms with Gasteiger partial charge in [-0.15, -0.1) is 0 Å². The van der Waals surface area contributed by atoms with Crippen molar-refractivity contribution in [1.29, 1.82) is 0 Å². The summed E-state index contributed by atoms with van der Waals surface area (Å²) in [6.07, 6.45) is 0. The van der Waals surface area contributed by atoms with Crippen LogP contribution in [0.5, 0.6) is 5.75 Å². The molecule has 0 heterocycles. The molecular weight excluding hydrogens is 292 g/mol. The Kier molecular flexibility index (Phi) is 3.93. The third-order valence-corrected chi connectivity index (χ3v) is 3.41. The lowest BCUT2D eigenvalue weighted by Crippen LogP contribution is -2.41. The fraction of sp³-hybridized carbons (Fsp3) is 0. The number of phenols is 1. The maximum absolute atomic E-state index is 12.1. The van der Waals surface area contributed by atoms with Gasteiger partial charge in [-0.2, -0.15) is 0 Å². The molecule has 0 spiro atoms. The molecule has 3 rings (SSSR count). The summed E-state index contributed by atoms with van der Waals surface area (Å²) in [5.74, 6) is -0.933. The van der Waals surface area contributed by atoms with E-state index in [-0.39, 0.29) is 11.3 Å². The minimum absolute atomic E-state index is 0.0153. The number of carbonyl (C=O) groups excluding carboxylic acids is 2. The Morgan fingerprint density at radius 3 is 2.04 bits per heavy atom. The van der Waals surface area contributed by atoms with Crippen LogP contribution in [-0.4, -0.2) is 16.9 Å². The van der Waals surface area contributed by atoms with Gasteiger partial charge >= 0.3 is 0 Å². The number of benzene rings is 3. The van der Waals surface area contributed by atoms with E-state index in [4.69, 9.17) is 0 Å². The van der Waals surface area contributed by atoms with E-state index in [1.165, 1.54) is 18.2 Å². The van der Waals surface area contributed by atoms with Gasteiger partial charge in [-0.3, -0.25) is 20.4 Å². The van der Waals surface area contributed by atoms with Crippen LogP contribution >= 0.6 is 0 Å². The fourth-order valence-electron chi connectivity index (χ4n) is 2.24. The zero-order chi connectivity index (χ0) is 16.2. The van der Waals surface area contributed by atoms with E-state index in [1.807, 2.05) is 30.3 Å². The van der Waals surface area contributed by atoms with Crippen LogP contribution < -0.4 is 10.9 Å². The van der Waals surface area contributed by atoms with Crippen molar-refractivity contribution >= 4 is 22.6 Å². The van der Waals surface area contributed by atoms with E-state index in [2.05, 4.69) is 10.9 Å². The highest BCUT2D eigenvalue weighted by Crippen LogP contribution is 2.15. The van der Waals surface area contributed by atoms with Crippen molar-refractivity contribution in [2.45, 2.75) is 0 Å². The highest BCUT2D eigenvalue weighted by molar-refractivity contribution is 6.01. The molecule has 114 valence electrons. The molecule has 23 heavy (non-hydrogen) atoms. The van der Waals surface area contributed by atoms with Crippen LogP contribution in [-0.2, 0) is 0 Å². The van der Waals surface area contributed by atoms with Crippen LogP contribution in [0.25, 0.3) is 10.8 Å². The lowest BCUT2D eigenvalue weighted by molar-refractivity contribution is 0.0846. The number of hydrogen-bond donors (Lipinski definition) is 3. The van der Waals surface area contributed by atoms with Crippen LogP contribution in [0.3, 0.4) is 0 Å². The third-order valence-electron chi connectivity index (χ3n) is 3.41. The summed E-state index contributed by atoms with van der Waals surface area (Å²) in [6.45, 7) is 0. The van der Waals surface area contributed by atoms with E-state index in [0.717, 1.165) is 10.8 Å². The van der Waals surface area contributed by atoms with Gasteiger partial charge in [0.05, 0.1) is 0 Å². The standard InChI is InChI=1S/C18H14N2O3/c21-16-7-3-6-14(11-16)17(22)19-20-18(23)15-9-8-12-4-1-2-5-13(12)10-15/h1-11,21H,(H,19,22)(H,20,23). The molecule has 0 bridgehead atoms. The molecule has 0 radical (unpaired) electrons. The smallest absolute Gasteiger partial charge is 0.269 e. The second-order valence-corrected chi connectivity index (χ2v) is 5.02. The number of aromatic hydroxyl groups is 1. The monoisotopic (exact) mass is 306 g/mol. The molecule has 0 atom stereocenters. The summed E-state index contributed by atoms with van der Waals surface area (Å²) < 4.78 is 0. The fourth-order valence-corrected chi connectivity index (χ4v) is 2.24. The van der Waals surface area contributed by atoms with Crippen molar-refractivity contribution in [3.63, 3.8) is 0 Å². The molecule has 5 nitrogen and oxygen atoms in total. The number of hydrogen-bond acceptors (Lipinski definition) is 3. The molecule has 0 saturated carbocycles. The summed E-state index contributed by atoms with van der Waals surface area (Å²) in [5.41, 5.74) is 5.38. The van der Waals surface area contributed by atoms with E-state index < -0.39 is 11.8 Å². The molecule has 0 saturated heterocycles. The van der Waals surface area contributed by atoms with Gasteiger partial charge in [0.2, 0.25) is 0 Å². The van der Waals surface area contributed by atoms with Crippen LogP contribution in [0, 0.1) is 0 Å². The molecule has 0 unspecified atom stereocenters. The van der Waals surface area contributed by atoms with Crippen molar-refractivity contribution in [2.24, 2.45) is 0 Å². The summed E-state index contributed by atoms with van der Waals surface area (Å²) in [5, 5.41) is 11.3. The number of nitrogens with one attached hydrogen (secondary N) is 2. The molecule has 3 aromatic carbocycles. The predicted octanol–water partition coefficient (Wildman–Crippen LogP) is 2.62. The molecule has 0 fully saturated rings. The normalized spacial score (nSPS) is 10.3. The first-order valence-electron chi connectivity index (χ1n) is 7.02. The van der Waals surface area contributed by atoms with Crippen molar-refractivity contribution in [3.8, 4) is 5.75 Å². The molecular formula is C18H14N2O3. The van der Waals surface area contributed by atoms with Crippen LogP contribution in [0.2, 0.25) is 0 Å². The Bertz CT molecular complexity index is 890. The first-order valence-corrected chi connectivity index (χ1v) is 7.02. The van der Waals surface area contributed by atoms with Gasteiger partial charge in [-0.05, 0) is 41.1 Å². The van der Waals surface area contributed by atoms with Gasteiger partial charge in [0.15, 0.2) is 0 Å². The Labute approximate surface area is 132 Å². The SMILES string of the molecule is O=C(NNC(=O)c1ccc2ccccc2c1)c1cccc(O)c1. The van der Waals surface area contributed by atoms with Gasteiger partial charge in [-0.25, -0.2) is 0 Å². The predicted molar refractivity (Wildman–Crippen MR) is 87.0 cm³/mol. The first kappa shape index (κ1) is 14.6. The summed E-state index contributed by atoms with van der Waals surface area (Å²) in [4.78, 5) is 24.0. The van der Waals surface area contributed by atoms with Crippen molar-refractivity contribution < 1.29 is 14.7 Å². The zero-order valence-electron chi connectivity index (χ0n) is 12.1. The molecule has 0 aromatic heterocycles. The molecule has 3 N–H and O–H groups in total. The molecule has 0 aliphatic rings. The quantitative estimate of drug-likeness (QED) is 0.637. The van der Waals surface area contributed by atoms with Gasteiger partial charge in [-0.1, -0.05) is 36.4 Å². The summed E-state index contributed by atoms with van der Waals surface area (Å²) in [6, 6.07) is 18.9. The van der Waals surface area contributed by atoms with Gasteiger partial charge < -0.3 is 5.11 Å². The molecule has 0 aliphatic carbocycles. The Morgan fingerprint density at radius 1 is 0.696 bits per heavy atom. The van der Waals surface area contributed by atoms with Crippen LogP contribution in [0.15, 0.2) is 66.7 Å². The van der Waals surface area contributed by atoms with E-state index in [1.54, 1.807) is 18.2 Å². The summed E-state index contributed by atoms with van der Waals surface area (Å²) >= 11 is 0. The van der Waals surface area contributed by atoms with Crippen molar-refractivity contribution in [2.75, 3.05) is 0 Å². The lowest BCUT2D eigenvalue weighted by Gasteiger charge is -2.08. The number of hydrazine groups is 1. The molecule has 3 aromatic rings. The van der Waals surface area contributed by atoms with E-state index >= 15 is 0 Å². The Balaban J connectivity index is 1.69.